The molecular weight excluding hydrogens is 249 g/mol. The molecule has 0 saturated carbocycles. The van der Waals surface area contributed by atoms with Crippen molar-refractivity contribution in [2.24, 2.45) is 10.9 Å². The summed E-state index contributed by atoms with van der Waals surface area (Å²) in [5.74, 6) is -0.398. The molecule has 2 aromatic rings. The van der Waals surface area contributed by atoms with E-state index < -0.39 is 5.82 Å². The van der Waals surface area contributed by atoms with Crippen LogP contribution in [0.5, 0.6) is 11.5 Å². The lowest BCUT2D eigenvalue weighted by Gasteiger charge is -2.10. The Morgan fingerprint density at radius 2 is 2.16 bits per heavy atom. The number of amidine groups is 1. The van der Waals surface area contributed by atoms with Crippen molar-refractivity contribution in [2.45, 2.75) is 6.92 Å². The van der Waals surface area contributed by atoms with E-state index in [1.807, 2.05) is 6.92 Å². The highest BCUT2D eigenvalue weighted by atomic mass is 19.1. The van der Waals surface area contributed by atoms with E-state index in [4.69, 9.17) is 15.7 Å². The third-order valence-electron chi connectivity index (χ3n) is 2.45. The first-order chi connectivity index (χ1) is 9.11. The van der Waals surface area contributed by atoms with Gasteiger partial charge in [-0.05, 0) is 31.2 Å². The smallest absolute Gasteiger partial charge is 0.176 e. The number of oxime groups is 1. The van der Waals surface area contributed by atoms with Gasteiger partial charge in [0.25, 0.3) is 0 Å². The summed E-state index contributed by atoms with van der Waals surface area (Å²) in [4.78, 5) is 4.06. The van der Waals surface area contributed by atoms with Gasteiger partial charge < -0.3 is 15.7 Å². The first-order valence-corrected chi connectivity index (χ1v) is 5.48. The number of hydrogen-bond acceptors (Lipinski definition) is 4. The molecule has 2 rings (SSSR count). The molecule has 19 heavy (non-hydrogen) atoms. The van der Waals surface area contributed by atoms with Crippen LogP contribution in [0.25, 0.3) is 0 Å². The number of ether oxygens (including phenoxy) is 1. The molecular formula is C13H12FN3O2. The fourth-order valence-corrected chi connectivity index (χ4v) is 1.53. The van der Waals surface area contributed by atoms with Crippen molar-refractivity contribution in [2.75, 3.05) is 0 Å². The number of rotatable bonds is 3. The maximum Gasteiger partial charge on any atom is 0.176 e. The Hall–Kier alpha value is -2.63. The Balaban J connectivity index is 2.40. The van der Waals surface area contributed by atoms with Gasteiger partial charge in [-0.15, -0.1) is 0 Å². The average Bonchev–Trinajstić information content (AvgIpc) is 2.41. The molecule has 0 fully saturated rings. The van der Waals surface area contributed by atoms with Gasteiger partial charge in [0.2, 0.25) is 0 Å². The van der Waals surface area contributed by atoms with Gasteiger partial charge in [0.05, 0.1) is 11.8 Å². The van der Waals surface area contributed by atoms with Crippen molar-refractivity contribution in [3.8, 4) is 11.5 Å². The molecule has 1 heterocycles. The topological polar surface area (TPSA) is 80.7 Å². The minimum absolute atomic E-state index is 0.0921. The molecule has 0 saturated heterocycles. The normalized spacial score (nSPS) is 11.4. The van der Waals surface area contributed by atoms with Crippen LogP contribution in [0.3, 0.4) is 0 Å². The predicted molar refractivity (Wildman–Crippen MR) is 68.0 cm³/mol. The van der Waals surface area contributed by atoms with Gasteiger partial charge in [-0.25, -0.2) is 4.39 Å². The quantitative estimate of drug-likeness (QED) is 0.385. The Morgan fingerprint density at radius 3 is 2.79 bits per heavy atom. The van der Waals surface area contributed by atoms with Gasteiger partial charge >= 0.3 is 0 Å². The zero-order valence-electron chi connectivity index (χ0n) is 10.2. The zero-order valence-corrected chi connectivity index (χ0v) is 10.2. The highest BCUT2D eigenvalue weighted by Crippen LogP contribution is 2.26. The van der Waals surface area contributed by atoms with E-state index in [0.29, 0.717) is 5.75 Å². The lowest BCUT2D eigenvalue weighted by atomic mass is 10.1. The molecule has 0 amide bonds. The number of pyridine rings is 1. The molecule has 0 unspecified atom stereocenters. The van der Waals surface area contributed by atoms with Crippen molar-refractivity contribution in [3.63, 3.8) is 0 Å². The molecule has 6 heteroatoms. The molecule has 0 atom stereocenters. The summed E-state index contributed by atoms with van der Waals surface area (Å²) in [6, 6.07) is 7.66. The number of nitrogens with zero attached hydrogens (tertiary/aromatic N) is 2. The Bertz CT molecular complexity index is 612. The maximum atomic E-state index is 13.7. The third kappa shape index (κ3) is 2.79. The summed E-state index contributed by atoms with van der Waals surface area (Å²) in [5.41, 5.74) is 6.18. The fraction of sp³-hybridized carbons (Fsp3) is 0.0769. The lowest BCUT2D eigenvalue weighted by Crippen LogP contribution is -2.16. The molecule has 1 aromatic heterocycles. The second-order valence-electron chi connectivity index (χ2n) is 3.84. The lowest BCUT2D eigenvalue weighted by molar-refractivity contribution is 0.318. The SMILES string of the molecule is Cc1ccc(Oc2cccc(F)c2C(N)=NO)cn1. The highest BCUT2D eigenvalue weighted by Gasteiger charge is 2.14. The van der Waals surface area contributed by atoms with Crippen LogP contribution in [0.2, 0.25) is 0 Å². The van der Waals surface area contributed by atoms with E-state index in [0.717, 1.165) is 5.69 Å². The number of halogens is 1. The summed E-state index contributed by atoms with van der Waals surface area (Å²) in [7, 11) is 0. The van der Waals surface area contributed by atoms with Crippen LogP contribution in [0.15, 0.2) is 41.7 Å². The molecule has 0 radical (unpaired) electrons. The summed E-state index contributed by atoms with van der Waals surface area (Å²) in [6.45, 7) is 1.84. The molecule has 0 aliphatic rings. The second-order valence-corrected chi connectivity index (χ2v) is 3.84. The van der Waals surface area contributed by atoms with Crippen molar-refractivity contribution in [1.29, 1.82) is 0 Å². The Labute approximate surface area is 109 Å². The summed E-state index contributed by atoms with van der Waals surface area (Å²) < 4.78 is 19.2. The van der Waals surface area contributed by atoms with Crippen LogP contribution in [-0.2, 0) is 0 Å². The number of hydrogen-bond donors (Lipinski definition) is 2. The molecule has 0 bridgehead atoms. The van der Waals surface area contributed by atoms with Crippen LogP contribution >= 0.6 is 0 Å². The second kappa shape index (κ2) is 5.34. The van der Waals surface area contributed by atoms with E-state index in [9.17, 15) is 4.39 Å². The molecule has 5 nitrogen and oxygen atoms in total. The largest absolute Gasteiger partial charge is 0.455 e. The first-order valence-electron chi connectivity index (χ1n) is 5.48. The van der Waals surface area contributed by atoms with Gasteiger partial charge in [-0.2, -0.15) is 0 Å². The van der Waals surface area contributed by atoms with Gasteiger partial charge in [0, 0.05) is 5.69 Å². The number of aromatic nitrogens is 1. The summed E-state index contributed by atoms with van der Waals surface area (Å²) in [6.07, 6.45) is 1.51. The van der Waals surface area contributed by atoms with E-state index in [-0.39, 0.29) is 17.1 Å². The Morgan fingerprint density at radius 1 is 1.37 bits per heavy atom. The van der Waals surface area contributed by atoms with E-state index >= 15 is 0 Å². The van der Waals surface area contributed by atoms with E-state index in [1.165, 1.54) is 24.4 Å². The van der Waals surface area contributed by atoms with Crippen molar-refractivity contribution < 1.29 is 14.3 Å². The van der Waals surface area contributed by atoms with E-state index in [2.05, 4.69) is 10.1 Å². The minimum atomic E-state index is -0.632. The Kier molecular flexibility index (Phi) is 3.61. The fourth-order valence-electron chi connectivity index (χ4n) is 1.53. The molecule has 3 N–H and O–H groups in total. The van der Waals surface area contributed by atoms with Gasteiger partial charge in [0.15, 0.2) is 5.84 Å². The third-order valence-corrected chi connectivity index (χ3v) is 2.45. The maximum absolute atomic E-state index is 13.7. The highest BCUT2D eigenvalue weighted by molar-refractivity contribution is 5.99. The van der Waals surface area contributed by atoms with Crippen LogP contribution in [-0.4, -0.2) is 16.0 Å². The standard InChI is InChI=1S/C13H12FN3O2/c1-8-5-6-9(7-16-8)19-11-4-2-3-10(14)12(11)13(15)17-18/h2-7,18H,1H3,(H2,15,17). The van der Waals surface area contributed by atoms with Gasteiger partial charge in [-0.3, -0.25) is 4.98 Å². The van der Waals surface area contributed by atoms with E-state index in [1.54, 1.807) is 12.1 Å². The number of benzene rings is 1. The van der Waals surface area contributed by atoms with Crippen LogP contribution in [0, 0.1) is 12.7 Å². The van der Waals surface area contributed by atoms with Crippen LogP contribution < -0.4 is 10.5 Å². The van der Waals surface area contributed by atoms with Crippen molar-refractivity contribution >= 4 is 5.84 Å². The molecule has 1 aromatic carbocycles. The summed E-state index contributed by atoms with van der Waals surface area (Å²) >= 11 is 0. The average molecular weight is 261 g/mol. The van der Waals surface area contributed by atoms with Gasteiger partial charge in [0.1, 0.15) is 17.3 Å². The van der Waals surface area contributed by atoms with Crippen molar-refractivity contribution in [3.05, 3.63) is 53.6 Å². The first kappa shape index (κ1) is 12.8. The van der Waals surface area contributed by atoms with Gasteiger partial charge in [-0.1, -0.05) is 11.2 Å². The van der Waals surface area contributed by atoms with Crippen molar-refractivity contribution in [1.82, 2.24) is 4.98 Å². The molecule has 0 aliphatic heterocycles. The molecule has 98 valence electrons. The zero-order chi connectivity index (χ0) is 13.8. The van der Waals surface area contributed by atoms with Crippen LogP contribution in [0.1, 0.15) is 11.3 Å². The molecule has 0 aliphatic carbocycles. The monoisotopic (exact) mass is 261 g/mol. The summed E-state index contributed by atoms with van der Waals surface area (Å²) in [5, 5.41) is 11.5. The number of nitrogens with two attached hydrogens (primary N) is 1. The van der Waals surface area contributed by atoms with Crippen LogP contribution in [0.4, 0.5) is 4.39 Å². The number of aryl methyl sites for hydroxylation is 1. The predicted octanol–water partition coefficient (Wildman–Crippen LogP) is 2.42. The minimum Gasteiger partial charge on any atom is -0.455 e. The molecule has 0 spiro atoms.